The van der Waals surface area contributed by atoms with Crippen LogP contribution in [0.5, 0.6) is 0 Å². The summed E-state index contributed by atoms with van der Waals surface area (Å²) >= 11 is 1.42. The van der Waals surface area contributed by atoms with Crippen LogP contribution < -0.4 is 11.3 Å². The number of para-hydroxylation sites is 2. The Bertz CT molecular complexity index is 1510. The minimum absolute atomic E-state index is 0.247. The number of aryl methyl sites for hydroxylation is 3. The predicted octanol–water partition coefficient (Wildman–Crippen LogP) is 4.25. The van der Waals surface area contributed by atoms with Gasteiger partial charge in [-0.15, -0.1) is 11.3 Å². The second-order valence-corrected chi connectivity index (χ2v) is 8.17. The first kappa shape index (κ1) is 18.5. The molecule has 0 atom stereocenters. The fourth-order valence-electron chi connectivity index (χ4n) is 3.69. The lowest BCUT2D eigenvalue weighted by Crippen LogP contribution is -2.18. The molecule has 0 amide bonds. The van der Waals surface area contributed by atoms with Crippen LogP contribution in [0.1, 0.15) is 10.7 Å². The van der Waals surface area contributed by atoms with Crippen molar-refractivity contribution in [2.45, 2.75) is 19.9 Å². The van der Waals surface area contributed by atoms with Gasteiger partial charge in [0.2, 0.25) is 0 Å². The maximum Gasteiger partial charge on any atom is 0.419 e. The summed E-state index contributed by atoms with van der Waals surface area (Å²) in [7, 11) is 0. The molecule has 5 rings (SSSR count). The standard InChI is InChI=1S/C22H16FN3O3S/c1-12-18(13-6-8-14(23)9-7-13)19-20(27)24-17(25-21(19)30-12)10-11-26-15-4-2-3-5-16(15)29-22(26)28/h2-9H,10-11H2,1H3,(H,24,25,27). The predicted molar refractivity (Wildman–Crippen MR) is 115 cm³/mol. The number of nitrogens with zero attached hydrogens (tertiary/aromatic N) is 2. The first-order chi connectivity index (χ1) is 14.5. The van der Waals surface area contributed by atoms with Gasteiger partial charge in [-0.05, 0) is 36.8 Å². The number of H-pyrrole nitrogens is 1. The lowest BCUT2D eigenvalue weighted by Gasteiger charge is -2.04. The van der Waals surface area contributed by atoms with Crippen LogP contribution in [0.15, 0.2) is 62.5 Å². The maximum absolute atomic E-state index is 13.3. The second-order valence-electron chi connectivity index (χ2n) is 6.97. The van der Waals surface area contributed by atoms with E-state index in [4.69, 9.17) is 4.42 Å². The van der Waals surface area contributed by atoms with Gasteiger partial charge in [-0.2, -0.15) is 0 Å². The Morgan fingerprint density at radius 1 is 1.13 bits per heavy atom. The summed E-state index contributed by atoms with van der Waals surface area (Å²) in [5.41, 5.74) is 2.53. The van der Waals surface area contributed by atoms with Crippen LogP contribution in [0.25, 0.3) is 32.4 Å². The quantitative estimate of drug-likeness (QED) is 0.470. The molecule has 8 heteroatoms. The van der Waals surface area contributed by atoms with Gasteiger partial charge in [0.15, 0.2) is 5.58 Å². The summed E-state index contributed by atoms with van der Waals surface area (Å²) in [6.45, 7) is 2.25. The van der Waals surface area contributed by atoms with Crippen molar-refractivity contribution in [2.75, 3.05) is 0 Å². The summed E-state index contributed by atoms with van der Waals surface area (Å²) in [4.78, 5) is 34.0. The van der Waals surface area contributed by atoms with Gasteiger partial charge in [-0.25, -0.2) is 14.2 Å². The van der Waals surface area contributed by atoms with E-state index in [0.717, 1.165) is 16.0 Å². The largest absolute Gasteiger partial charge is 0.419 e. The van der Waals surface area contributed by atoms with E-state index in [-0.39, 0.29) is 11.4 Å². The fourth-order valence-corrected chi connectivity index (χ4v) is 4.75. The van der Waals surface area contributed by atoms with Crippen molar-refractivity contribution in [1.82, 2.24) is 14.5 Å². The summed E-state index contributed by atoms with van der Waals surface area (Å²) in [6.07, 6.45) is 0.372. The normalized spacial score (nSPS) is 11.5. The monoisotopic (exact) mass is 421 g/mol. The summed E-state index contributed by atoms with van der Waals surface area (Å²) < 4.78 is 20.1. The van der Waals surface area contributed by atoms with Gasteiger partial charge >= 0.3 is 5.76 Å². The van der Waals surface area contributed by atoms with Crippen molar-refractivity contribution < 1.29 is 8.81 Å². The smallest absolute Gasteiger partial charge is 0.408 e. The van der Waals surface area contributed by atoms with E-state index >= 15 is 0 Å². The van der Waals surface area contributed by atoms with Gasteiger partial charge in [0.1, 0.15) is 16.5 Å². The highest BCUT2D eigenvalue weighted by atomic mass is 32.1. The lowest BCUT2D eigenvalue weighted by molar-refractivity contribution is 0.503. The fraction of sp³-hybridized carbons (Fsp3) is 0.136. The average molecular weight is 421 g/mol. The molecule has 0 aliphatic heterocycles. The summed E-state index contributed by atoms with van der Waals surface area (Å²) in [6, 6.07) is 13.3. The van der Waals surface area contributed by atoms with Crippen molar-refractivity contribution in [1.29, 1.82) is 0 Å². The van der Waals surface area contributed by atoms with Crippen LogP contribution in [0, 0.1) is 12.7 Å². The Balaban J connectivity index is 1.52. The minimum atomic E-state index is -0.440. The molecule has 150 valence electrons. The molecule has 0 bridgehead atoms. The number of halogens is 1. The molecule has 5 aromatic rings. The highest BCUT2D eigenvalue weighted by molar-refractivity contribution is 7.19. The minimum Gasteiger partial charge on any atom is -0.408 e. The van der Waals surface area contributed by atoms with Gasteiger partial charge in [0.05, 0.1) is 10.9 Å². The van der Waals surface area contributed by atoms with Crippen LogP contribution >= 0.6 is 11.3 Å². The molecule has 0 saturated carbocycles. The average Bonchev–Trinajstić information content (AvgIpc) is 3.23. The van der Waals surface area contributed by atoms with E-state index in [1.54, 1.807) is 24.3 Å². The maximum atomic E-state index is 13.3. The highest BCUT2D eigenvalue weighted by Crippen LogP contribution is 2.35. The van der Waals surface area contributed by atoms with Gasteiger partial charge < -0.3 is 9.40 Å². The zero-order valence-electron chi connectivity index (χ0n) is 15.9. The van der Waals surface area contributed by atoms with Crippen molar-refractivity contribution >= 4 is 32.7 Å². The topological polar surface area (TPSA) is 80.9 Å². The van der Waals surface area contributed by atoms with Crippen LogP contribution in [0.4, 0.5) is 4.39 Å². The highest BCUT2D eigenvalue weighted by Gasteiger charge is 2.17. The number of oxazole rings is 1. The number of thiophene rings is 1. The number of rotatable bonds is 4. The molecule has 1 N–H and O–H groups in total. The molecule has 6 nitrogen and oxygen atoms in total. The van der Waals surface area contributed by atoms with Crippen molar-refractivity contribution in [3.05, 3.63) is 86.0 Å². The Morgan fingerprint density at radius 2 is 1.90 bits per heavy atom. The Morgan fingerprint density at radius 3 is 2.70 bits per heavy atom. The molecule has 0 unspecified atom stereocenters. The van der Waals surface area contributed by atoms with Gasteiger partial charge in [0, 0.05) is 23.4 Å². The molecular weight excluding hydrogens is 405 g/mol. The number of hydrogen-bond acceptors (Lipinski definition) is 5. The summed E-state index contributed by atoms with van der Waals surface area (Å²) in [5.74, 6) is -0.269. The van der Waals surface area contributed by atoms with Gasteiger partial charge in [-0.1, -0.05) is 24.3 Å². The van der Waals surface area contributed by atoms with E-state index in [9.17, 15) is 14.0 Å². The van der Waals surface area contributed by atoms with Crippen LogP contribution in [0.3, 0.4) is 0 Å². The molecule has 0 saturated heterocycles. The number of nitrogens with one attached hydrogen (secondary N) is 1. The molecule has 0 radical (unpaired) electrons. The molecule has 0 spiro atoms. The third-order valence-electron chi connectivity index (χ3n) is 5.07. The molecule has 3 heterocycles. The van der Waals surface area contributed by atoms with E-state index in [0.29, 0.717) is 40.1 Å². The molecule has 2 aromatic carbocycles. The van der Waals surface area contributed by atoms with Crippen LogP contribution in [0.2, 0.25) is 0 Å². The molecule has 3 aromatic heterocycles. The molecule has 0 fully saturated rings. The first-order valence-electron chi connectivity index (χ1n) is 9.38. The summed E-state index contributed by atoms with van der Waals surface area (Å²) in [5, 5.41) is 0.499. The first-order valence-corrected chi connectivity index (χ1v) is 10.2. The SMILES string of the molecule is Cc1sc2nc(CCn3c(=O)oc4ccccc43)[nH]c(=O)c2c1-c1ccc(F)cc1. The number of hydrogen-bond donors (Lipinski definition) is 1. The number of benzene rings is 2. The van der Waals surface area contributed by atoms with Crippen molar-refractivity contribution in [3.63, 3.8) is 0 Å². The molecular formula is C22H16FN3O3S. The van der Waals surface area contributed by atoms with E-state index in [1.807, 2.05) is 19.1 Å². The van der Waals surface area contributed by atoms with Crippen LogP contribution in [-0.4, -0.2) is 14.5 Å². The van der Waals surface area contributed by atoms with Crippen LogP contribution in [-0.2, 0) is 13.0 Å². The number of aromatic amines is 1. The van der Waals surface area contributed by atoms with E-state index < -0.39 is 5.76 Å². The van der Waals surface area contributed by atoms with E-state index in [2.05, 4.69) is 9.97 Å². The third kappa shape index (κ3) is 3.05. The Labute approximate surface area is 173 Å². The van der Waals surface area contributed by atoms with E-state index in [1.165, 1.54) is 28.0 Å². The van der Waals surface area contributed by atoms with Gasteiger partial charge in [0.25, 0.3) is 5.56 Å². The second kappa shape index (κ2) is 7.07. The molecule has 30 heavy (non-hydrogen) atoms. The number of fused-ring (bicyclic) bond motifs is 2. The Kier molecular flexibility index (Phi) is 4.36. The van der Waals surface area contributed by atoms with Gasteiger partial charge in [-0.3, -0.25) is 9.36 Å². The lowest BCUT2D eigenvalue weighted by atomic mass is 10.0. The Hall–Kier alpha value is -3.52. The zero-order chi connectivity index (χ0) is 20.8. The molecule has 0 aliphatic rings. The van der Waals surface area contributed by atoms with Crippen molar-refractivity contribution in [3.8, 4) is 11.1 Å². The van der Waals surface area contributed by atoms with Crippen molar-refractivity contribution in [2.24, 2.45) is 0 Å². The molecule has 0 aliphatic carbocycles. The number of aromatic nitrogens is 3. The third-order valence-corrected chi connectivity index (χ3v) is 6.06. The zero-order valence-corrected chi connectivity index (χ0v) is 16.8.